The van der Waals surface area contributed by atoms with Crippen LogP contribution in [0.2, 0.25) is 0 Å². The van der Waals surface area contributed by atoms with Crippen LogP contribution in [0, 0.1) is 0 Å². The normalized spacial score (nSPS) is 22.1. The molecule has 0 saturated carbocycles. The molecule has 2 rings (SSSR count). The van der Waals surface area contributed by atoms with Crippen molar-refractivity contribution in [3.8, 4) is 0 Å². The van der Waals surface area contributed by atoms with Crippen LogP contribution >= 0.6 is 0 Å². The SMILES string of the molecule is C[C@@H](N[S@+]([O-])C(C)(C)C)c1cccc(C(F)(F)[C@H]2CCCO2)c1. The molecule has 0 aromatic heterocycles. The van der Waals surface area contributed by atoms with Crippen molar-refractivity contribution in [2.24, 2.45) is 0 Å². The molecule has 1 fully saturated rings. The second-order valence-corrected chi connectivity index (χ2v) is 8.97. The maximum Gasteiger partial charge on any atom is 0.298 e. The van der Waals surface area contributed by atoms with Gasteiger partial charge in [-0.3, -0.25) is 0 Å². The highest BCUT2D eigenvalue weighted by molar-refractivity contribution is 7.90. The largest absolute Gasteiger partial charge is 0.598 e. The van der Waals surface area contributed by atoms with Crippen molar-refractivity contribution < 1.29 is 18.1 Å². The predicted octanol–water partition coefficient (Wildman–Crippen LogP) is 4.07. The van der Waals surface area contributed by atoms with Crippen LogP contribution in [0.3, 0.4) is 0 Å². The van der Waals surface area contributed by atoms with Crippen molar-refractivity contribution in [3.05, 3.63) is 35.4 Å². The van der Waals surface area contributed by atoms with E-state index in [0.717, 1.165) is 0 Å². The Balaban J connectivity index is 2.16. The maximum absolute atomic E-state index is 14.6. The van der Waals surface area contributed by atoms with Crippen molar-refractivity contribution in [2.45, 2.75) is 63.4 Å². The third-order valence-electron chi connectivity index (χ3n) is 3.95. The highest BCUT2D eigenvalue weighted by Crippen LogP contribution is 2.38. The molecule has 0 bridgehead atoms. The Morgan fingerprint density at radius 1 is 1.35 bits per heavy atom. The van der Waals surface area contributed by atoms with Crippen LogP contribution in [0.15, 0.2) is 24.3 Å². The number of nitrogens with one attached hydrogen (secondary N) is 1. The molecule has 6 heteroatoms. The lowest BCUT2D eigenvalue weighted by molar-refractivity contribution is -0.122. The van der Waals surface area contributed by atoms with Crippen LogP contribution in [-0.2, 0) is 22.0 Å². The number of benzene rings is 1. The molecule has 0 aliphatic carbocycles. The number of alkyl halides is 2. The predicted molar refractivity (Wildman–Crippen MR) is 88.8 cm³/mol. The van der Waals surface area contributed by atoms with E-state index in [1.54, 1.807) is 12.1 Å². The molecule has 1 aliphatic heterocycles. The van der Waals surface area contributed by atoms with Gasteiger partial charge in [-0.25, -0.2) is 0 Å². The summed E-state index contributed by atoms with van der Waals surface area (Å²) >= 11 is -1.26. The smallest absolute Gasteiger partial charge is 0.298 e. The molecule has 0 spiro atoms. The Kier molecular flexibility index (Phi) is 5.72. The molecule has 1 N–H and O–H groups in total. The van der Waals surface area contributed by atoms with Crippen molar-refractivity contribution in [1.82, 2.24) is 4.72 Å². The zero-order valence-corrected chi connectivity index (χ0v) is 14.9. The van der Waals surface area contributed by atoms with Gasteiger partial charge in [-0.2, -0.15) is 8.78 Å². The van der Waals surface area contributed by atoms with Gasteiger partial charge in [0.15, 0.2) is 0 Å². The number of ether oxygens (including phenoxy) is 1. The van der Waals surface area contributed by atoms with Gasteiger partial charge in [-0.15, -0.1) is 4.72 Å². The zero-order valence-electron chi connectivity index (χ0n) is 14.1. The monoisotopic (exact) mass is 345 g/mol. The van der Waals surface area contributed by atoms with Crippen molar-refractivity contribution in [3.63, 3.8) is 0 Å². The van der Waals surface area contributed by atoms with E-state index in [0.29, 0.717) is 25.0 Å². The molecule has 0 unspecified atom stereocenters. The number of hydrogen-bond acceptors (Lipinski definition) is 3. The number of halogens is 2. The summed E-state index contributed by atoms with van der Waals surface area (Å²) in [5.74, 6) is -3.00. The minimum absolute atomic E-state index is 0.0444. The van der Waals surface area contributed by atoms with Crippen molar-refractivity contribution >= 4 is 11.4 Å². The van der Waals surface area contributed by atoms with Crippen LogP contribution in [0.1, 0.15) is 57.7 Å². The fraction of sp³-hybridized carbons (Fsp3) is 0.647. The standard InChI is InChI=1S/C17H25F2NO2S/c1-12(20-23(21)16(2,3)4)13-7-5-8-14(11-13)17(18,19)15-9-6-10-22-15/h5,7-8,11-12,15,20H,6,9-10H2,1-4H3/t12-,15-,23-/m1/s1. The van der Waals surface area contributed by atoms with Crippen LogP contribution in [0.5, 0.6) is 0 Å². The quantitative estimate of drug-likeness (QED) is 0.818. The summed E-state index contributed by atoms with van der Waals surface area (Å²) < 4.78 is 49.0. The van der Waals surface area contributed by atoms with Gasteiger partial charge in [0, 0.05) is 23.5 Å². The first kappa shape index (κ1) is 18.6. The van der Waals surface area contributed by atoms with Gasteiger partial charge in [0.1, 0.15) is 10.9 Å². The van der Waals surface area contributed by atoms with Gasteiger partial charge in [0.25, 0.3) is 5.92 Å². The summed E-state index contributed by atoms with van der Waals surface area (Å²) in [6.07, 6.45) is -0.00799. The Labute approximate surface area is 140 Å². The van der Waals surface area contributed by atoms with Crippen molar-refractivity contribution in [2.75, 3.05) is 6.61 Å². The van der Waals surface area contributed by atoms with E-state index in [9.17, 15) is 13.3 Å². The minimum atomic E-state index is -3.00. The fourth-order valence-corrected chi connectivity index (χ4v) is 3.28. The van der Waals surface area contributed by atoms with E-state index < -0.39 is 28.1 Å². The van der Waals surface area contributed by atoms with E-state index in [2.05, 4.69) is 4.72 Å². The molecular weight excluding hydrogens is 320 g/mol. The first-order valence-electron chi connectivity index (χ1n) is 7.90. The second kappa shape index (κ2) is 7.05. The molecule has 3 atom stereocenters. The zero-order chi connectivity index (χ0) is 17.3. The van der Waals surface area contributed by atoms with Gasteiger partial charge in [0.05, 0.1) is 6.04 Å². The fourth-order valence-electron chi connectivity index (χ4n) is 2.47. The second-order valence-electron chi connectivity index (χ2n) is 6.97. The Morgan fingerprint density at radius 3 is 2.61 bits per heavy atom. The third-order valence-corrected chi connectivity index (χ3v) is 5.63. The summed E-state index contributed by atoms with van der Waals surface area (Å²) in [5, 5.41) is 0. The van der Waals surface area contributed by atoms with Crippen LogP contribution in [0.4, 0.5) is 8.78 Å². The Morgan fingerprint density at radius 2 is 2.04 bits per heavy atom. The summed E-state index contributed by atoms with van der Waals surface area (Å²) in [6.45, 7) is 7.82. The molecule has 1 aromatic rings. The number of rotatable bonds is 5. The Hall–Kier alpha value is -0.690. The van der Waals surface area contributed by atoms with Gasteiger partial charge >= 0.3 is 0 Å². The third kappa shape index (κ3) is 4.44. The lowest BCUT2D eigenvalue weighted by atomic mass is 9.97. The molecule has 0 amide bonds. The first-order chi connectivity index (χ1) is 10.6. The van der Waals surface area contributed by atoms with Gasteiger partial charge in [-0.1, -0.05) is 18.2 Å². The van der Waals surface area contributed by atoms with E-state index in [1.807, 2.05) is 27.7 Å². The van der Waals surface area contributed by atoms with Crippen LogP contribution in [-0.4, -0.2) is 22.0 Å². The average Bonchev–Trinajstić information content (AvgIpc) is 3.01. The lowest BCUT2D eigenvalue weighted by Crippen LogP contribution is -2.40. The van der Waals surface area contributed by atoms with Crippen molar-refractivity contribution in [1.29, 1.82) is 0 Å². The lowest BCUT2D eigenvalue weighted by Gasteiger charge is -2.27. The highest BCUT2D eigenvalue weighted by atomic mass is 32.2. The summed E-state index contributed by atoms with van der Waals surface area (Å²) in [7, 11) is 0. The molecule has 1 saturated heterocycles. The van der Waals surface area contributed by atoms with E-state index >= 15 is 0 Å². The summed E-state index contributed by atoms with van der Waals surface area (Å²) in [4.78, 5) is 0. The highest BCUT2D eigenvalue weighted by Gasteiger charge is 2.44. The summed E-state index contributed by atoms with van der Waals surface area (Å²) in [6, 6.07) is 6.02. The first-order valence-corrected chi connectivity index (χ1v) is 9.05. The van der Waals surface area contributed by atoms with Gasteiger partial charge in [-0.05, 0) is 52.2 Å². The molecule has 1 aliphatic rings. The van der Waals surface area contributed by atoms with Crippen LogP contribution < -0.4 is 4.72 Å². The minimum Gasteiger partial charge on any atom is -0.598 e. The molecule has 3 nitrogen and oxygen atoms in total. The van der Waals surface area contributed by atoms with Gasteiger partial charge < -0.3 is 9.29 Å². The van der Waals surface area contributed by atoms with Crippen LogP contribution in [0.25, 0.3) is 0 Å². The van der Waals surface area contributed by atoms with E-state index in [1.165, 1.54) is 12.1 Å². The molecule has 23 heavy (non-hydrogen) atoms. The maximum atomic E-state index is 14.6. The molecule has 1 heterocycles. The topological polar surface area (TPSA) is 44.3 Å². The van der Waals surface area contributed by atoms with Gasteiger partial charge in [0.2, 0.25) is 0 Å². The average molecular weight is 345 g/mol. The molecule has 0 radical (unpaired) electrons. The summed E-state index contributed by atoms with van der Waals surface area (Å²) in [5.41, 5.74) is 0.648. The van der Waals surface area contributed by atoms with E-state index in [4.69, 9.17) is 4.74 Å². The number of hydrogen-bond donors (Lipinski definition) is 1. The molecule has 130 valence electrons. The van der Waals surface area contributed by atoms with E-state index in [-0.39, 0.29) is 11.6 Å². The molecule has 1 aromatic carbocycles. The molecular formula is C17H25F2NO2S. The Bertz CT molecular complexity index is 528.